The zero-order chi connectivity index (χ0) is 52.9. The van der Waals surface area contributed by atoms with E-state index < -0.39 is 6.10 Å². The van der Waals surface area contributed by atoms with E-state index in [1.807, 2.05) is 12.2 Å². The molecule has 73 heavy (non-hydrogen) atoms. The topological polar surface area (TPSA) is 78.9 Å². The Balaban J connectivity index is 4.70. The molecule has 0 aliphatic rings. The van der Waals surface area contributed by atoms with E-state index in [-0.39, 0.29) is 50.4 Å². The standard InChI is InChI=1S/C67H100O6/c1-4-7-10-13-16-19-22-25-28-31-33-36-39-42-45-48-51-54-57-60-66(69)72-63-64(62-71-65(68)59-56-53-50-47-44-41-38-35-30-27-24-21-18-15-12-9-6-3)73-67(70)61-58-55-52-49-46-43-40-37-34-32-29-26-23-20-17-14-11-8-5-2/h7-8,10-11,16-21,25-30,33-34,36-38,41-43,45-47,50-51,54,64H,4-6,9,12-15,22-24,31-32,35,39-40,44,48-49,52-53,55-63H2,1-3H3/b10-7-,11-8-,19-16-,20-17-,21-18-,28-25-,29-26-,30-27-,36-33-,37-34-,41-38-,45-42-,46-43-,50-47-,54-51-. The van der Waals surface area contributed by atoms with Crippen LogP contribution >= 0.6 is 0 Å². The normalized spacial score (nSPS) is 13.5. The van der Waals surface area contributed by atoms with Crippen molar-refractivity contribution in [1.82, 2.24) is 0 Å². The molecule has 0 fully saturated rings. The molecule has 0 radical (unpaired) electrons. The number of carbonyl (C=O) groups is 3. The summed E-state index contributed by atoms with van der Waals surface area (Å²) in [7, 11) is 0. The van der Waals surface area contributed by atoms with Crippen molar-refractivity contribution >= 4 is 17.9 Å². The van der Waals surface area contributed by atoms with Crippen LogP contribution in [0, 0.1) is 0 Å². The minimum Gasteiger partial charge on any atom is -0.462 e. The maximum Gasteiger partial charge on any atom is 0.306 e. The van der Waals surface area contributed by atoms with Crippen LogP contribution in [0.25, 0.3) is 0 Å². The molecule has 0 spiro atoms. The number of hydrogen-bond acceptors (Lipinski definition) is 6. The van der Waals surface area contributed by atoms with Crippen LogP contribution in [0.2, 0.25) is 0 Å². The molecule has 6 heteroatoms. The Morgan fingerprint density at radius 2 is 0.575 bits per heavy atom. The van der Waals surface area contributed by atoms with Crippen LogP contribution in [0.4, 0.5) is 0 Å². The van der Waals surface area contributed by atoms with Gasteiger partial charge in [0.05, 0.1) is 0 Å². The van der Waals surface area contributed by atoms with Crippen LogP contribution in [0.3, 0.4) is 0 Å². The predicted octanol–water partition coefficient (Wildman–Crippen LogP) is 19.3. The molecule has 0 saturated carbocycles. The lowest BCUT2D eigenvalue weighted by atomic mass is 10.1. The zero-order valence-corrected chi connectivity index (χ0v) is 46.1. The third kappa shape index (κ3) is 57.3. The van der Waals surface area contributed by atoms with Crippen molar-refractivity contribution in [3.63, 3.8) is 0 Å². The highest BCUT2D eigenvalue weighted by Crippen LogP contribution is 2.10. The Kier molecular flexibility index (Phi) is 54.6. The molecule has 0 heterocycles. The molecule has 0 aromatic rings. The van der Waals surface area contributed by atoms with E-state index in [1.165, 1.54) is 25.7 Å². The van der Waals surface area contributed by atoms with E-state index in [1.54, 1.807) is 0 Å². The Morgan fingerprint density at radius 3 is 0.932 bits per heavy atom. The summed E-state index contributed by atoms with van der Waals surface area (Å²) in [4.78, 5) is 38.1. The average Bonchev–Trinajstić information content (AvgIpc) is 3.39. The van der Waals surface area contributed by atoms with Gasteiger partial charge >= 0.3 is 17.9 Å². The number of allylic oxidation sites excluding steroid dienone is 30. The minimum absolute atomic E-state index is 0.153. The fraction of sp³-hybridized carbons (Fsp3) is 0.507. The first-order chi connectivity index (χ1) is 36.0. The van der Waals surface area contributed by atoms with Crippen LogP contribution in [0.1, 0.15) is 201 Å². The molecule has 404 valence electrons. The Labute approximate surface area is 446 Å². The van der Waals surface area contributed by atoms with Gasteiger partial charge in [0.1, 0.15) is 13.2 Å². The van der Waals surface area contributed by atoms with Gasteiger partial charge in [-0.1, -0.05) is 222 Å². The Hall–Kier alpha value is -5.49. The molecule has 1 unspecified atom stereocenters. The van der Waals surface area contributed by atoms with E-state index in [4.69, 9.17) is 14.2 Å². The van der Waals surface area contributed by atoms with Crippen molar-refractivity contribution in [3.05, 3.63) is 182 Å². The van der Waals surface area contributed by atoms with Gasteiger partial charge in [0.25, 0.3) is 0 Å². The lowest BCUT2D eigenvalue weighted by molar-refractivity contribution is -0.166. The van der Waals surface area contributed by atoms with Crippen molar-refractivity contribution in [2.45, 2.75) is 207 Å². The third-order valence-electron chi connectivity index (χ3n) is 10.9. The molecule has 0 rings (SSSR count). The van der Waals surface area contributed by atoms with Crippen LogP contribution in [-0.2, 0) is 28.6 Å². The molecule has 0 aromatic heterocycles. The predicted molar refractivity (Wildman–Crippen MR) is 315 cm³/mol. The summed E-state index contributed by atoms with van der Waals surface area (Å²) in [5.74, 6) is -1.14. The number of carbonyl (C=O) groups excluding carboxylic acids is 3. The van der Waals surface area contributed by atoms with E-state index >= 15 is 0 Å². The third-order valence-corrected chi connectivity index (χ3v) is 10.9. The minimum atomic E-state index is -0.860. The second-order valence-electron chi connectivity index (χ2n) is 17.7. The summed E-state index contributed by atoms with van der Waals surface area (Å²) >= 11 is 0. The first kappa shape index (κ1) is 67.5. The van der Waals surface area contributed by atoms with Crippen molar-refractivity contribution in [2.24, 2.45) is 0 Å². The molecular formula is C67H100O6. The van der Waals surface area contributed by atoms with E-state index in [0.29, 0.717) is 19.3 Å². The van der Waals surface area contributed by atoms with Crippen LogP contribution < -0.4 is 0 Å². The average molecular weight is 1000 g/mol. The lowest BCUT2D eigenvalue weighted by Gasteiger charge is -2.18. The molecule has 1 atom stereocenters. The first-order valence-electron chi connectivity index (χ1n) is 28.3. The van der Waals surface area contributed by atoms with E-state index in [0.717, 1.165) is 116 Å². The summed E-state index contributed by atoms with van der Waals surface area (Å²) in [6.45, 7) is 6.21. The monoisotopic (exact) mass is 1000 g/mol. The highest BCUT2D eigenvalue weighted by molar-refractivity contribution is 5.71. The van der Waals surface area contributed by atoms with Gasteiger partial charge in [-0.25, -0.2) is 0 Å². The highest BCUT2D eigenvalue weighted by atomic mass is 16.6. The second kappa shape index (κ2) is 59.1. The Morgan fingerprint density at radius 1 is 0.288 bits per heavy atom. The first-order valence-corrected chi connectivity index (χ1v) is 28.3. The summed E-state index contributed by atoms with van der Waals surface area (Å²) in [5, 5.41) is 0. The summed E-state index contributed by atoms with van der Waals surface area (Å²) in [6, 6.07) is 0. The molecule has 0 aromatic carbocycles. The summed E-state index contributed by atoms with van der Waals surface area (Å²) in [5.41, 5.74) is 0. The molecule has 0 aliphatic heterocycles. The molecule has 0 N–H and O–H groups in total. The number of ether oxygens (including phenoxy) is 3. The lowest BCUT2D eigenvalue weighted by Crippen LogP contribution is -2.30. The van der Waals surface area contributed by atoms with E-state index in [9.17, 15) is 14.4 Å². The van der Waals surface area contributed by atoms with Crippen molar-refractivity contribution in [2.75, 3.05) is 13.2 Å². The molecule has 6 nitrogen and oxygen atoms in total. The largest absolute Gasteiger partial charge is 0.462 e. The molecule has 0 bridgehead atoms. The van der Waals surface area contributed by atoms with Gasteiger partial charge in [0.2, 0.25) is 0 Å². The van der Waals surface area contributed by atoms with E-state index in [2.05, 4.69) is 191 Å². The van der Waals surface area contributed by atoms with Gasteiger partial charge in [-0.05, 0) is 141 Å². The molecule has 0 amide bonds. The molecule has 0 saturated heterocycles. The van der Waals surface area contributed by atoms with Gasteiger partial charge in [-0.3, -0.25) is 14.4 Å². The number of esters is 3. The summed E-state index contributed by atoms with van der Waals surface area (Å²) in [6.07, 6.45) is 88.9. The van der Waals surface area contributed by atoms with Crippen molar-refractivity contribution in [3.8, 4) is 0 Å². The summed E-state index contributed by atoms with van der Waals surface area (Å²) < 4.78 is 16.7. The van der Waals surface area contributed by atoms with Crippen molar-refractivity contribution < 1.29 is 28.6 Å². The fourth-order valence-electron chi connectivity index (χ4n) is 6.72. The number of unbranched alkanes of at least 4 members (excludes halogenated alkanes) is 7. The van der Waals surface area contributed by atoms with Crippen LogP contribution in [-0.4, -0.2) is 37.2 Å². The smallest absolute Gasteiger partial charge is 0.306 e. The quantitative estimate of drug-likeness (QED) is 0.0262. The van der Waals surface area contributed by atoms with Gasteiger partial charge in [-0.15, -0.1) is 0 Å². The maximum atomic E-state index is 12.9. The molecule has 0 aliphatic carbocycles. The van der Waals surface area contributed by atoms with Crippen LogP contribution in [0.15, 0.2) is 182 Å². The van der Waals surface area contributed by atoms with Gasteiger partial charge in [0, 0.05) is 19.3 Å². The number of rotatable bonds is 48. The molecular weight excluding hydrogens is 901 g/mol. The number of hydrogen-bond donors (Lipinski definition) is 0. The van der Waals surface area contributed by atoms with Gasteiger partial charge in [0.15, 0.2) is 6.10 Å². The van der Waals surface area contributed by atoms with Gasteiger partial charge < -0.3 is 14.2 Å². The SMILES string of the molecule is CC/C=C\C/C=C\C/C=C\C/C=C\C/C=C\C/C=C\CCC(=O)OCC(COC(=O)CCC/C=C\C/C=C\C/C=C\C/C=C\CCCCC)OC(=O)CCCCC/C=C\C/C=C\C/C=C\C/C=C\C/C=C\CC. The zero-order valence-electron chi connectivity index (χ0n) is 46.1. The second-order valence-corrected chi connectivity index (χ2v) is 17.7. The highest BCUT2D eigenvalue weighted by Gasteiger charge is 2.19. The Bertz CT molecular complexity index is 1770. The maximum absolute atomic E-state index is 12.9. The van der Waals surface area contributed by atoms with Crippen molar-refractivity contribution in [1.29, 1.82) is 0 Å². The van der Waals surface area contributed by atoms with Crippen LogP contribution in [0.5, 0.6) is 0 Å². The van der Waals surface area contributed by atoms with Gasteiger partial charge in [-0.2, -0.15) is 0 Å². The fourth-order valence-corrected chi connectivity index (χ4v) is 6.72.